The Morgan fingerprint density at radius 3 is 2.41 bits per heavy atom. The standard InChI is InChI=1S/C17H13BrCl2N2/c1-22(2)17-6-3-11(8-14(17)18)7-13(10-21)12-4-5-15(19)16(20)9-12/h3-9H,1-2H3/b13-7-. The maximum atomic E-state index is 9.40. The maximum absolute atomic E-state index is 9.40. The zero-order chi connectivity index (χ0) is 16.3. The quantitative estimate of drug-likeness (QED) is 0.478. The van der Waals surface area contributed by atoms with Crippen molar-refractivity contribution < 1.29 is 0 Å². The van der Waals surface area contributed by atoms with E-state index in [1.807, 2.05) is 43.3 Å². The van der Waals surface area contributed by atoms with Gasteiger partial charge in [-0.3, -0.25) is 0 Å². The topological polar surface area (TPSA) is 27.0 Å². The number of rotatable bonds is 3. The molecule has 112 valence electrons. The van der Waals surface area contributed by atoms with Crippen LogP contribution in [0.4, 0.5) is 5.69 Å². The minimum Gasteiger partial charge on any atom is -0.377 e. The van der Waals surface area contributed by atoms with Crippen molar-refractivity contribution in [2.45, 2.75) is 0 Å². The van der Waals surface area contributed by atoms with Gasteiger partial charge in [-0.15, -0.1) is 0 Å². The zero-order valence-electron chi connectivity index (χ0n) is 12.1. The number of nitrogens with zero attached hydrogens (tertiary/aromatic N) is 2. The lowest BCUT2D eigenvalue weighted by Crippen LogP contribution is -2.09. The highest BCUT2D eigenvalue weighted by Gasteiger charge is 2.06. The number of halogens is 3. The Kier molecular flexibility index (Phi) is 5.52. The number of nitriles is 1. The van der Waals surface area contributed by atoms with E-state index in [-0.39, 0.29) is 0 Å². The van der Waals surface area contributed by atoms with Crippen LogP contribution < -0.4 is 4.90 Å². The summed E-state index contributed by atoms with van der Waals surface area (Å²) in [6, 6.07) is 13.3. The van der Waals surface area contributed by atoms with Crippen LogP contribution in [0.3, 0.4) is 0 Å². The summed E-state index contributed by atoms with van der Waals surface area (Å²) in [6.07, 6.45) is 1.82. The summed E-state index contributed by atoms with van der Waals surface area (Å²) < 4.78 is 0.970. The first-order chi connectivity index (χ1) is 10.4. The molecule has 0 atom stereocenters. The molecule has 2 rings (SSSR count). The van der Waals surface area contributed by atoms with Crippen LogP contribution in [-0.2, 0) is 0 Å². The van der Waals surface area contributed by atoms with Gasteiger partial charge >= 0.3 is 0 Å². The zero-order valence-corrected chi connectivity index (χ0v) is 15.2. The molecule has 0 aliphatic carbocycles. The van der Waals surface area contributed by atoms with Gasteiger partial charge in [-0.25, -0.2) is 0 Å². The molecule has 0 N–H and O–H groups in total. The average molecular weight is 396 g/mol. The van der Waals surface area contributed by atoms with E-state index in [1.165, 1.54) is 0 Å². The number of hydrogen-bond donors (Lipinski definition) is 0. The van der Waals surface area contributed by atoms with E-state index in [4.69, 9.17) is 23.2 Å². The molecule has 0 aromatic heterocycles. The molecule has 2 aromatic rings. The van der Waals surface area contributed by atoms with Gasteiger partial charge < -0.3 is 4.90 Å². The van der Waals surface area contributed by atoms with Gasteiger partial charge in [0.2, 0.25) is 0 Å². The fourth-order valence-electron chi connectivity index (χ4n) is 1.99. The summed E-state index contributed by atoms with van der Waals surface area (Å²) in [7, 11) is 3.96. The van der Waals surface area contributed by atoms with Crippen LogP contribution in [0.15, 0.2) is 40.9 Å². The van der Waals surface area contributed by atoms with Crippen LogP contribution in [-0.4, -0.2) is 14.1 Å². The van der Waals surface area contributed by atoms with Crippen molar-refractivity contribution >= 4 is 56.5 Å². The number of hydrogen-bond acceptors (Lipinski definition) is 2. The van der Waals surface area contributed by atoms with Gasteiger partial charge in [-0.1, -0.05) is 35.3 Å². The molecule has 2 aromatic carbocycles. The molecule has 0 aliphatic rings. The van der Waals surface area contributed by atoms with E-state index >= 15 is 0 Å². The molecule has 5 heteroatoms. The lowest BCUT2D eigenvalue weighted by molar-refractivity contribution is 1.12. The Balaban J connectivity index is 2.43. The molecular weight excluding hydrogens is 383 g/mol. The van der Waals surface area contributed by atoms with Crippen LogP contribution in [0.2, 0.25) is 10.0 Å². The molecule has 0 saturated carbocycles. The second-order valence-electron chi connectivity index (χ2n) is 4.90. The summed E-state index contributed by atoms with van der Waals surface area (Å²) in [5.41, 5.74) is 3.28. The highest BCUT2D eigenvalue weighted by molar-refractivity contribution is 9.10. The summed E-state index contributed by atoms with van der Waals surface area (Å²) >= 11 is 15.5. The molecule has 0 aliphatic heterocycles. The van der Waals surface area contributed by atoms with Crippen molar-refractivity contribution in [1.82, 2.24) is 0 Å². The van der Waals surface area contributed by atoms with Crippen molar-refractivity contribution in [1.29, 1.82) is 5.26 Å². The van der Waals surface area contributed by atoms with Gasteiger partial charge in [0.15, 0.2) is 0 Å². The SMILES string of the molecule is CN(C)c1ccc(/C=C(/C#N)c2ccc(Cl)c(Cl)c2)cc1Br. The first-order valence-corrected chi connectivity index (χ1v) is 8.01. The van der Waals surface area contributed by atoms with E-state index in [0.29, 0.717) is 15.6 Å². The molecule has 0 bridgehead atoms. The summed E-state index contributed by atoms with van der Waals surface area (Å²) in [5.74, 6) is 0. The molecule has 0 amide bonds. The van der Waals surface area contributed by atoms with Crippen LogP contribution >= 0.6 is 39.1 Å². The lowest BCUT2D eigenvalue weighted by Gasteiger charge is -2.14. The van der Waals surface area contributed by atoms with Gasteiger partial charge in [-0.05, 0) is 57.4 Å². The van der Waals surface area contributed by atoms with Crippen molar-refractivity contribution in [2.24, 2.45) is 0 Å². The third kappa shape index (κ3) is 3.84. The van der Waals surface area contributed by atoms with Crippen LogP contribution in [0, 0.1) is 11.3 Å². The van der Waals surface area contributed by atoms with E-state index in [0.717, 1.165) is 21.3 Å². The normalized spacial score (nSPS) is 11.2. The minimum atomic E-state index is 0.435. The fraction of sp³-hybridized carbons (Fsp3) is 0.118. The van der Waals surface area contributed by atoms with Gasteiger partial charge in [0.05, 0.1) is 27.4 Å². The second-order valence-corrected chi connectivity index (χ2v) is 6.57. The molecule has 0 spiro atoms. The predicted molar refractivity (Wildman–Crippen MR) is 98.4 cm³/mol. The summed E-state index contributed by atoms with van der Waals surface area (Å²) in [6.45, 7) is 0. The fourth-order valence-corrected chi connectivity index (χ4v) is 3.04. The van der Waals surface area contributed by atoms with Crippen molar-refractivity contribution in [3.05, 3.63) is 62.0 Å². The van der Waals surface area contributed by atoms with E-state index in [9.17, 15) is 5.26 Å². The molecule has 0 saturated heterocycles. The molecule has 0 heterocycles. The van der Waals surface area contributed by atoms with Gasteiger partial charge in [0.25, 0.3) is 0 Å². The Morgan fingerprint density at radius 1 is 1.14 bits per heavy atom. The third-order valence-corrected chi connectivity index (χ3v) is 4.49. The van der Waals surface area contributed by atoms with Crippen LogP contribution in [0.1, 0.15) is 11.1 Å². The van der Waals surface area contributed by atoms with E-state index in [2.05, 4.69) is 22.0 Å². The summed E-state index contributed by atoms with van der Waals surface area (Å²) in [5, 5.41) is 10.3. The lowest BCUT2D eigenvalue weighted by atomic mass is 10.0. The number of anilines is 1. The van der Waals surface area contributed by atoms with Crippen molar-refractivity contribution in [3.63, 3.8) is 0 Å². The van der Waals surface area contributed by atoms with Crippen LogP contribution in [0.25, 0.3) is 11.6 Å². The highest BCUT2D eigenvalue weighted by Crippen LogP contribution is 2.29. The highest BCUT2D eigenvalue weighted by atomic mass is 79.9. The monoisotopic (exact) mass is 394 g/mol. The maximum Gasteiger partial charge on any atom is 0.0998 e. The first kappa shape index (κ1) is 16.9. The van der Waals surface area contributed by atoms with Crippen molar-refractivity contribution in [2.75, 3.05) is 19.0 Å². The molecule has 2 nitrogen and oxygen atoms in total. The van der Waals surface area contributed by atoms with Gasteiger partial charge in [-0.2, -0.15) is 5.26 Å². The molecule has 22 heavy (non-hydrogen) atoms. The smallest absolute Gasteiger partial charge is 0.0998 e. The Bertz CT molecular complexity index is 777. The Labute approximate surface area is 148 Å². The number of benzene rings is 2. The van der Waals surface area contributed by atoms with E-state index < -0.39 is 0 Å². The first-order valence-electron chi connectivity index (χ1n) is 6.46. The molecule has 0 unspecified atom stereocenters. The average Bonchev–Trinajstić information content (AvgIpc) is 2.47. The van der Waals surface area contributed by atoms with Gasteiger partial charge in [0, 0.05) is 18.6 Å². The third-order valence-electron chi connectivity index (χ3n) is 3.12. The summed E-state index contributed by atoms with van der Waals surface area (Å²) in [4.78, 5) is 2.02. The largest absolute Gasteiger partial charge is 0.377 e. The second kappa shape index (κ2) is 7.19. The Morgan fingerprint density at radius 2 is 1.86 bits per heavy atom. The van der Waals surface area contributed by atoms with E-state index in [1.54, 1.807) is 18.2 Å². The number of allylic oxidation sites excluding steroid dienone is 1. The molecule has 0 fully saturated rings. The molecular formula is C17H13BrCl2N2. The predicted octanol–water partition coefficient (Wildman–Crippen LogP) is 5.89. The van der Waals surface area contributed by atoms with Gasteiger partial charge in [0.1, 0.15) is 0 Å². The van der Waals surface area contributed by atoms with Crippen molar-refractivity contribution in [3.8, 4) is 6.07 Å². The Hall–Kier alpha value is -1.47. The minimum absolute atomic E-state index is 0.435. The molecule has 0 radical (unpaired) electrons. The van der Waals surface area contributed by atoms with Crippen LogP contribution in [0.5, 0.6) is 0 Å².